The molecule has 0 amide bonds. The van der Waals surface area contributed by atoms with E-state index in [2.05, 4.69) is 20.8 Å². The fraction of sp³-hybridized carbons (Fsp3) is 0.333. The number of rotatable bonds is 5. The third-order valence-electron chi connectivity index (χ3n) is 4.24. The van der Waals surface area contributed by atoms with Crippen molar-refractivity contribution in [3.05, 3.63) is 58.6 Å². The first kappa shape index (κ1) is 18.4. The van der Waals surface area contributed by atoms with Crippen LogP contribution in [0.1, 0.15) is 5.56 Å². The summed E-state index contributed by atoms with van der Waals surface area (Å²) in [5.41, 5.74) is 2.06. The molecule has 1 saturated heterocycles. The van der Waals surface area contributed by atoms with Gasteiger partial charge >= 0.3 is 0 Å². The predicted octanol–water partition coefficient (Wildman–Crippen LogP) is 3.11. The Kier molecular flexibility index (Phi) is 5.78. The van der Waals surface area contributed by atoms with Crippen LogP contribution in [0.25, 0.3) is 0 Å². The molecule has 134 valence electrons. The molecule has 0 aromatic heterocycles. The van der Waals surface area contributed by atoms with Crippen LogP contribution in [-0.4, -0.2) is 46.1 Å². The zero-order valence-electron chi connectivity index (χ0n) is 14.1. The second-order valence-corrected chi connectivity index (χ2v) is 8.91. The molecule has 3 rings (SSSR count). The number of para-hydroxylation sites is 1. The summed E-state index contributed by atoms with van der Waals surface area (Å²) in [7, 11) is -1.93. The number of hydrogen-bond acceptors (Lipinski definition) is 4. The first-order valence-electron chi connectivity index (χ1n) is 8.11. The van der Waals surface area contributed by atoms with Gasteiger partial charge in [-0.25, -0.2) is 8.42 Å². The Balaban J connectivity index is 1.84. The van der Waals surface area contributed by atoms with E-state index in [0.717, 1.165) is 28.8 Å². The molecule has 0 bridgehead atoms. The summed E-state index contributed by atoms with van der Waals surface area (Å²) in [5.74, 6) is 0. The van der Waals surface area contributed by atoms with Gasteiger partial charge in [-0.15, -0.1) is 0 Å². The van der Waals surface area contributed by atoms with E-state index in [0.29, 0.717) is 19.8 Å². The summed E-state index contributed by atoms with van der Waals surface area (Å²) in [6, 6.07) is 14.7. The Hall–Kier alpha value is -1.41. The molecule has 0 radical (unpaired) electrons. The molecule has 1 aliphatic rings. The molecule has 2 aromatic carbocycles. The van der Waals surface area contributed by atoms with E-state index in [4.69, 9.17) is 4.74 Å². The van der Waals surface area contributed by atoms with Gasteiger partial charge in [0, 0.05) is 36.8 Å². The van der Waals surface area contributed by atoms with Crippen molar-refractivity contribution in [3.8, 4) is 0 Å². The van der Waals surface area contributed by atoms with Gasteiger partial charge in [0.05, 0.1) is 18.1 Å². The molecule has 0 atom stereocenters. The lowest BCUT2D eigenvalue weighted by atomic mass is 10.1. The van der Waals surface area contributed by atoms with Crippen molar-refractivity contribution in [1.82, 2.24) is 4.31 Å². The van der Waals surface area contributed by atoms with Crippen LogP contribution in [0.2, 0.25) is 0 Å². The second kappa shape index (κ2) is 7.86. The van der Waals surface area contributed by atoms with Crippen molar-refractivity contribution in [3.63, 3.8) is 0 Å². The van der Waals surface area contributed by atoms with Crippen LogP contribution in [0.3, 0.4) is 0 Å². The molecule has 1 fully saturated rings. The summed E-state index contributed by atoms with van der Waals surface area (Å²) in [4.78, 5) is 2.53. The van der Waals surface area contributed by atoms with Gasteiger partial charge in [-0.05, 0) is 29.8 Å². The molecule has 25 heavy (non-hydrogen) atoms. The number of ether oxygens (including phenoxy) is 1. The van der Waals surface area contributed by atoms with E-state index in [1.165, 1.54) is 4.31 Å². The van der Waals surface area contributed by atoms with Crippen LogP contribution in [0.4, 0.5) is 5.69 Å². The second-order valence-electron chi connectivity index (χ2n) is 5.95. The zero-order valence-corrected chi connectivity index (χ0v) is 16.5. The van der Waals surface area contributed by atoms with Crippen LogP contribution < -0.4 is 4.90 Å². The summed E-state index contributed by atoms with van der Waals surface area (Å²) in [5, 5.41) is 0. The lowest BCUT2D eigenvalue weighted by Crippen LogP contribution is -2.37. The van der Waals surface area contributed by atoms with Crippen molar-refractivity contribution in [2.75, 3.05) is 38.3 Å². The number of halogens is 1. The van der Waals surface area contributed by atoms with E-state index in [1.807, 2.05) is 30.3 Å². The first-order valence-corrected chi connectivity index (χ1v) is 10.3. The summed E-state index contributed by atoms with van der Waals surface area (Å²) < 4.78 is 33.3. The van der Waals surface area contributed by atoms with Crippen LogP contribution in [0, 0.1) is 0 Å². The number of hydrogen-bond donors (Lipinski definition) is 0. The van der Waals surface area contributed by atoms with Crippen molar-refractivity contribution in [1.29, 1.82) is 0 Å². The molecule has 7 heteroatoms. The van der Waals surface area contributed by atoms with Crippen molar-refractivity contribution in [2.45, 2.75) is 11.4 Å². The predicted molar refractivity (Wildman–Crippen MR) is 102 cm³/mol. The highest BCUT2D eigenvalue weighted by molar-refractivity contribution is 9.10. The highest BCUT2D eigenvalue weighted by atomic mass is 79.9. The SMILES string of the molecule is CN(Cc1ccccc1N1CCOCC1)S(=O)(=O)c1cccc(Br)c1. The molecule has 0 aliphatic carbocycles. The van der Waals surface area contributed by atoms with Gasteiger partial charge in [-0.1, -0.05) is 40.2 Å². The minimum absolute atomic E-state index is 0.285. The largest absolute Gasteiger partial charge is 0.378 e. The minimum Gasteiger partial charge on any atom is -0.378 e. The van der Waals surface area contributed by atoms with Crippen molar-refractivity contribution < 1.29 is 13.2 Å². The lowest BCUT2D eigenvalue weighted by Gasteiger charge is -2.31. The molecular weight excluding hydrogens is 404 g/mol. The van der Waals surface area contributed by atoms with Gasteiger partial charge in [0.15, 0.2) is 0 Å². The maximum absolute atomic E-state index is 12.8. The fourth-order valence-corrected chi connectivity index (χ4v) is 4.64. The van der Waals surface area contributed by atoms with E-state index >= 15 is 0 Å². The van der Waals surface area contributed by atoms with Crippen LogP contribution in [-0.2, 0) is 21.3 Å². The Labute approximate surface area is 157 Å². The average Bonchev–Trinajstić information content (AvgIpc) is 2.63. The molecule has 2 aromatic rings. The smallest absolute Gasteiger partial charge is 0.243 e. The van der Waals surface area contributed by atoms with Gasteiger partial charge in [0.1, 0.15) is 0 Å². The molecular formula is C18H21BrN2O3S. The van der Waals surface area contributed by atoms with Crippen LogP contribution in [0.15, 0.2) is 57.9 Å². The van der Waals surface area contributed by atoms with Gasteiger partial charge in [-0.3, -0.25) is 0 Å². The van der Waals surface area contributed by atoms with E-state index in [9.17, 15) is 8.42 Å². The normalized spacial score (nSPS) is 15.6. The highest BCUT2D eigenvalue weighted by Gasteiger charge is 2.23. The standard InChI is InChI=1S/C18H21BrN2O3S/c1-20(25(22,23)17-7-4-6-16(19)13-17)14-15-5-2-3-8-18(15)21-9-11-24-12-10-21/h2-8,13H,9-12,14H2,1H3. The lowest BCUT2D eigenvalue weighted by molar-refractivity contribution is 0.122. The monoisotopic (exact) mass is 424 g/mol. The Bertz CT molecular complexity index is 836. The Morgan fingerprint density at radius 3 is 2.56 bits per heavy atom. The Morgan fingerprint density at radius 2 is 1.84 bits per heavy atom. The molecule has 0 unspecified atom stereocenters. The van der Waals surface area contributed by atoms with E-state index in [1.54, 1.807) is 25.2 Å². The summed E-state index contributed by atoms with van der Waals surface area (Å²) in [6.07, 6.45) is 0. The number of benzene rings is 2. The quantitative estimate of drug-likeness (QED) is 0.739. The number of morpholine rings is 1. The number of sulfonamides is 1. The molecule has 0 saturated carbocycles. The summed E-state index contributed by atoms with van der Waals surface area (Å²) >= 11 is 3.33. The van der Waals surface area contributed by atoms with Crippen molar-refractivity contribution >= 4 is 31.6 Å². The van der Waals surface area contributed by atoms with Gasteiger partial charge in [-0.2, -0.15) is 4.31 Å². The average molecular weight is 425 g/mol. The van der Waals surface area contributed by atoms with E-state index < -0.39 is 10.0 Å². The van der Waals surface area contributed by atoms with Crippen molar-refractivity contribution in [2.24, 2.45) is 0 Å². The molecule has 0 spiro atoms. The third-order valence-corrected chi connectivity index (χ3v) is 6.53. The minimum atomic E-state index is -3.55. The maximum atomic E-state index is 12.8. The van der Waals surface area contributed by atoms with E-state index in [-0.39, 0.29) is 4.90 Å². The van der Waals surface area contributed by atoms with Crippen LogP contribution >= 0.6 is 15.9 Å². The zero-order chi connectivity index (χ0) is 17.9. The number of nitrogens with zero attached hydrogens (tertiary/aromatic N) is 2. The van der Waals surface area contributed by atoms with Crippen LogP contribution in [0.5, 0.6) is 0 Å². The van der Waals surface area contributed by atoms with Gasteiger partial charge in [0.25, 0.3) is 0 Å². The molecule has 1 heterocycles. The third kappa shape index (κ3) is 4.23. The first-order chi connectivity index (χ1) is 12.0. The van der Waals surface area contributed by atoms with Gasteiger partial charge in [0.2, 0.25) is 10.0 Å². The molecule has 5 nitrogen and oxygen atoms in total. The van der Waals surface area contributed by atoms with Gasteiger partial charge < -0.3 is 9.64 Å². The molecule has 1 aliphatic heterocycles. The fourth-order valence-electron chi connectivity index (χ4n) is 2.89. The summed E-state index contributed by atoms with van der Waals surface area (Å²) in [6.45, 7) is 3.35. The molecule has 0 N–H and O–H groups in total. The maximum Gasteiger partial charge on any atom is 0.243 e. The highest BCUT2D eigenvalue weighted by Crippen LogP contribution is 2.25. The Morgan fingerprint density at radius 1 is 1.12 bits per heavy atom. The number of anilines is 1. The topological polar surface area (TPSA) is 49.9 Å².